The highest BCUT2D eigenvalue weighted by Crippen LogP contribution is 2.13. The van der Waals surface area contributed by atoms with Crippen molar-refractivity contribution in [1.29, 1.82) is 0 Å². The Bertz CT molecular complexity index is 140. The van der Waals surface area contributed by atoms with Crippen molar-refractivity contribution in [2.24, 2.45) is 5.92 Å². The lowest BCUT2D eigenvalue weighted by atomic mass is 10.1. The van der Waals surface area contributed by atoms with Gasteiger partial charge in [0.05, 0.1) is 19.3 Å². The van der Waals surface area contributed by atoms with Crippen LogP contribution in [0.15, 0.2) is 0 Å². The minimum atomic E-state index is 0.370. The summed E-state index contributed by atoms with van der Waals surface area (Å²) in [5, 5.41) is 3.35. The molecular formula is C10H19NO2. The Labute approximate surface area is 79.8 Å². The van der Waals surface area contributed by atoms with Gasteiger partial charge in [-0.05, 0) is 31.7 Å². The molecule has 0 aromatic heterocycles. The predicted molar refractivity (Wildman–Crippen MR) is 50.8 cm³/mol. The molecule has 3 heteroatoms. The summed E-state index contributed by atoms with van der Waals surface area (Å²) < 4.78 is 11.2. The molecule has 0 spiro atoms. The molecule has 2 fully saturated rings. The third-order valence-electron chi connectivity index (χ3n) is 2.85. The summed E-state index contributed by atoms with van der Waals surface area (Å²) in [6, 6.07) is 0. The van der Waals surface area contributed by atoms with E-state index in [-0.39, 0.29) is 0 Å². The van der Waals surface area contributed by atoms with Crippen molar-refractivity contribution in [3.05, 3.63) is 0 Å². The first kappa shape index (κ1) is 9.44. The van der Waals surface area contributed by atoms with Gasteiger partial charge in [0.15, 0.2) is 0 Å². The number of hydrogen-bond acceptors (Lipinski definition) is 3. The maximum atomic E-state index is 5.80. The van der Waals surface area contributed by atoms with Gasteiger partial charge >= 0.3 is 0 Å². The van der Waals surface area contributed by atoms with Crippen LogP contribution >= 0.6 is 0 Å². The van der Waals surface area contributed by atoms with Crippen LogP contribution in [-0.2, 0) is 9.47 Å². The molecule has 2 atom stereocenters. The second kappa shape index (κ2) is 4.94. The molecule has 0 radical (unpaired) electrons. The van der Waals surface area contributed by atoms with Crippen molar-refractivity contribution in [1.82, 2.24) is 5.32 Å². The van der Waals surface area contributed by atoms with Crippen LogP contribution in [0.4, 0.5) is 0 Å². The van der Waals surface area contributed by atoms with Gasteiger partial charge < -0.3 is 14.8 Å². The number of ether oxygens (including phenoxy) is 2. The zero-order chi connectivity index (χ0) is 8.93. The molecule has 0 amide bonds. The fraction of sp³-hybridized carbons (Fsp3) is 1.00. The van der Waals surface area contributed by atoms with Gasteiger partial charge in [0, 0.05) is 13.2 Å². The molecule has 0 aromatic rings. The SMILES string of the molecule is C1COCC(OCC2CCNC2)C1. The largest absolute Gasteiger partial charge is 0.379 e. The van der Waals surface area contributed by atoms with E-state index >= 15 is 0 Å². The summed E-state index contributed by atoms with van der Waals surface area (Å²) in [5.74, 6) is 0.738. The van der Waals surface area contributed by atoms with E-state index in [0.29, 0.717) is 6.10 Å². The number of rotatable bonds is 3. The van der Waals surface area contributed by atoms with E-state index in [1.54, 1.807) is 0 Å². The Morgan fingerprint density at radius 2 is 2.38 bits per heavy atom. The number of nitrogens with one attached hydrogen (secondary N) is 1. The van der Waals surface area contributed by atoms with Crippen LogP contribution in [0, 0.1) is 5.92 Å². The topological polar surface area (TPSA) is 30.5 Å². The average Bonchev–Trinajstić information content (AvgIpc) is 2.69. The Morgan fingerprint density at radius 3 is 3.08 bits per heavy atom. The van der Waals surface area contributed by atoms with Crippen LogP contribution in [0.5, 0.6) is 0 Å². The van der Waals surface area contributed by atoms with Crippen LogP contribution in [0.3, 0.4) is 0 Å². The Morgan fingerprint density at radius 1 is 1.38 bits per heavy atom. The van der Waals surface area contributed by atoms with Crippen LogP contribution in [0.1, 0.15) is 19.3 Å². The molecule has 0 aliphatic carbocycles. The van der Waals surface area contributed by atoms with E-state index < -0.39 is 0 Å². The summed E-state index contributed by atoms with van der Waals surface area (Å²) in [4.78, 5) is 0. The fourth-order valence-electron chi connectivity index (χ4n) is 1.97. The van der Waals surface area contributed by atoms with Crippen LogP contribution < -0.4 is 5.32 Å². The summed E-state index contributed by atoms with van der Waals surface area (Å²) >= 11 is 0. The first-order valence-corrected chi connectivity index (χ1v) is 5.35. The molecule has 0 aromatic carbocycles. The van der Waals surface area contributed by atoms with Gasteiger partial charge in [-0.15, -0.1) is 0 Å². The monoisotopic (exact) mass is 185 g/mol. The number of hydrogen-bond donors (Lipinski definition) is 1. The molecule has 2 aliphatic rings. The molecule has 2 saturated heterocycles. The maximum Gasteiger partial charge on any atom is 0.0809 e. The molecule has 2 aliphatic heterocycles. The van der Waals surface area contributed by atoms with Crippen molar-refractivity contribution in [3.8, 4) is 0 Å². The Balaban J connectivity index is 1.60. The first-order valence-electron chi connectivity index (χ1n) is 5.35. The third-order valence-corrected chi connectivity index (χ3v) is 2.85. The molecule has 13 heavy (non-hydrogen) atoms. The molecule has 0 saturated carbocycles. The Kier molecular flexibility index (Phi) is 3.58. The summed E-state index contributed by atoms with van der Waals surface area (Å²) in [7, 11) is 0. The van der Waals surface area contributed by atoms with Gasteiger partial charge in [-0.3, -0.25) is 0 Å². The zero-order valence-electron chi connectivity index (χ0n) is 8.13. The molecule has 3 nitrogen and oxygen atoms in total. The van der Waals surface area contributed by atoms with E-state index in [4.69, 9.17) is 9.47 Å². The van der Waals surface area contributed by atoms with E-state index in [2.05, 4.69) is 5.32 Å². The van der Waals surface area contributed by atoms with Gasteiger partial charge in [0.2, 0.25) is 0 Å². The normalized spacial score (nSPS) is 35.1. The minimum absolute atomic E-state index is 0.370. The van der Waals surface area contributed by atoms with Crippen molar-refractivity contribution in [3.63, 3.8) is 0 Å². The third kappa shape index (κ3) is 2.93. The highest BCUT2D eigenvalue weighted by Gasteiger charge is 2.19. The molecule has 76 valence electrons. The Hall–Kier alpha value is -0.120. The maximum absolute atomic E-state index is 5.80. The molecule has 0 bridgehead atoms. The predicted octanol–water partition coefficient (Wildman–Crippen LogP) is 0.791. The summed E-state index contributed by atoms with van der Waals surface area (Å²) in [5.41, 5.74) is 0. The van der Waals surface area contributed by atoms with Gasteiger partial charge in [0.25, 0.3) is 0 Å². The van der Waals surface area contributed by atoms with Gasteiger partial charge in [0.1, 0.15) is 0 Å². The summed E-state index contributed by atoms with van der Waals surface area (Å²) in [6.45, 7) is 4.94. The van der Waals surface area contributed by atoms with E-state index in [1.165, 1.54) is 12.8 Å². The molecule has 2 unspecified atom stereocenters. The fourth-order valence-corrected chi connectivity index (χ4v) is 1.97. The highest BCUT2D eigenvalue weighted by molar-refractivity contribution is 4.71. The zero-order valence-corrected chi connectivity index (χ0v) is 8.13. The lowest BCUT2D eigenvalue weighted by molar-refractivity contribution is -0.0582. The van der Waals surface area contributed by atoms with Crippen molar-refractivity contribution < 1.29 is 9.47 Å². The van der Waals surface area contributed by atoms with E-state index in [0.717, 1.165) is 45.2 Å². The first-order chi connectivity index (χ1) is 6.45. The van der Waals surface area contributed by atoms with E-state index in [1.807, 2.05) is 0 Å². The van der Waals surface area contributed by atoms with Crippen molar-refractivity contribution in [2.45, 2.75) is 25.4 Å². The summed E-state index contributed by atoms with van der Waals surface area (Å²) in [6.07, 6.45) is 3.98. The highest BCUT2D eigenvalue weighted by atomic mass is 16.5. The van der Waals surface area contributed by atoms with Crippen LogP contribution in [0.2, 0.25) is 0 Å². The molecular weight excluding hydrogens is 166 g/mol. The molecule has 2 rings (SSSR count). The lowest BCUT2D eigenvalue weighted by Crippen LogP contribution is -2.28. The second-order valence-corrected chi connectivity index (χ2v) is 4.03. The second-order valence-electron chi connectivity index (χ2n) is 4.03. The lowest BCUT2D eigenvalue weighted by Gasteiger charge is -2.23. The van der Waals surface area contributed by atoms with Crippen molar-refractivity contribution >= 4 is 0 Å². The quantitative estimate of drug-likeness (QED) is 0.705. The van der Waals surface area contributed by atoms with Gasteiger partial charge in [-0.1, -0.05) is 0 Å². The average molecular weight is 185 g/mol. The smallest absolute Gasteiger partial charge is 0.0809 e. The minimum Gasteiger partial charge on any atom is -0.379 e. The molecule has 2 heterocycles. The standard InChI is InChI=1S/C10H19NO2/c1-2-10(8-12-5-1)13-7-9-3-4-11-6-9/h9-11H,1-8H2. The van der Waals surface area contributed by atoms with Crippen molar-refractivity contribution in [2.75, 3.05) is 32.9 Å². The van der Waals surface area contributed by atoms with E-state index in [9.17, 15) is 0 Å². The van der Waals surface area contributed by atoms with Gasteiger partial charge in [-0.25, -0.2) is 0 Å². The van der Waals surface area contributed by atoms with Gasteiger partial charge in [-0.2, -0.15) is 0 Å². The molecule has 1 N–H and O–H groups in total. The van der Waals surface area contributed by atoms with Crippen LogP contribution in [-0.4, -0.2) is 39.0 Å². The van der Waals surface area contributed by atoms with Crippen LogP contribution in [0.25, 0.3) is 0 Å².